The van der Waals surface area contributed by atoms with Crippen LogP contribution in [0.5, 0.6) is 0 Å². The summed E-state index contributed by atoms with van der Waals surface area (Å²) in [4.78, 5) is 0. The number of aromatic nitrogens is 2. The SMILES string of the molecule is Cn1nc(CC(O)C(F)(F)F)c2ccccc21. The second kappa shape index (κ2) is 4.03. The molecule has 0 saturated heterocycles. The number of rotatable bonds is 2. The number of halogens is 3. The van der Waals surface area contributed by atoms with Crippen LogP contribution in [0.25, 0.3) is 10.9 Å². The number of hydrogen-bond donors (Lipinski definition) is 1. The minimum absolute atomic E-state index is 0.257. The molecule has 1 unspecified atom stereocenters. The Hall–Kier alpha value is -1.56. The molecule has 6 heteroatoms. The minimum Gasteiger partial charge on any atom is -0.383 e. The van der Waals surface area contributed by atoms with Crippen LogP contribution >= 0.6 is 0 Å². The normalized spacial score (nSPS) is 14.2. The molecule has 3 nitrogen and oxygen atoms in total. The molecule has 92 valence electrons. The Labute approximate surface area is 95.5 Å². The fourth-order valence-electron chi connectivity index (χ4n) is 1.74. The molecule has 17 heavy (non-hydrogen) atoms. The van der Waals surface area contributed by atoms with E-state index >= 15 is 0 Å². The lowest BCUT2D eigenvalue weighted by Crippen LogP contribution is -2.30. The second-order valence-electron chi connectivity index (χ2n) is 3.85. The maximum Gasteiger partial charge on any atom is 0.414 e. The van der Waals surface area contributed by atoms with E-state index in [0.717, 1.165) is 5.52 Å². The highest BCUT2D eigenvalue weighted by atomic mass is 19.4. The van der Waals surface area contributed by atoms with Crippen LogP contribution in [-0.2, 0) is 13.5 Å². The Morgan fingerprint density at radius 3 is 2.65 bits per heavy atom. The number of nitrogens with zero attached hydrogens (tertiary/aromatic N) is 2. The zero-order valence-electron chi connectivity index (χ0n) is 9.07. The molecule has 1 heterocycles. The molecule has 0 saturated carbocycles. The topological polar surface area (TPSA) is 38.0 Å². The third-order valence-corrected chi connectivity index (χ3v) is 2.60. The first-order valence-corrected chi connectivity index (χ1v) is 5.05. The summed E-state index contributed by atoms with van der Waals surface area (Å²) in [6.45, 7) is 0. The van der Waals surface area contributed by atoms with E-state index in [4.69, 9.17) is 5.11 Å². The van der Waals surface area contributed by atoms with Gasteiger partial charge in [0.2, 0.25) is 0 Å². The average Bonchev–Trinajstić information content (AvgIpc) is 2.56. The van der Waals surface area contributed by atoms with E-state index in [0.29, 0.717) is 5.39 Å². The van der Waals surface area contributed by atoms with Crippen LogP contribution in [0.3, 0.4) is 0 Å². The summed E-state index contributed by atoms with van der Waals surface area (Å²) in [6, 6.07) is 6.98. The Bertz CT molecular complexity index is 533. The Kier molecular flexibility index (Phi) is 2.82. The number of aryl methyl sites for hydroxylation is 1. The zero-order valence-corrected chi connectivity index (χ0v) is 9.07. The van der Waals surface area contributed by atoms with Gasteiger partial charge < -0.3 is 5.11 Å². The highest BCUT2D eigenvalue weighted by Gasteiger charge is 2.38. The van der Waals surface area contributed by atoms with E-state index in [1.54, 1.807) is 31.3 Å². The highest BCUT2D eigenvalue weighted by Crippen LogP contribution is 2.25. The van der Waals surface area contributed by atoms with Gasteiger partial charge in [-0.3, -0.25) is 4.68 Å². The highest BCUT2D eigenvalue weighted by molar-refractivity contribution is 5.81. The summed E-state index contributed by atoms with van der Waals surface area (Å²) >= 11 is 0. The fraction of sp³-hybridized carbons (Fsp3) is 0.364. The van der Waals surface area contributed by atoms with Gasteiger partial charge in [-0.1, -0.05) is 18.2 Å². The standard InChI is InChI=1S/C11H11F3N2O/c1-16-9-5-3-2-4-7(9)8(15-16)6-10(17)11(12,13)14/h2-5,10,17H,6H2,1H3. The number of para-hydroxylation sites is 1. The van der Waals surface area contributed by atoms with Crippen molar-refractivity contribution in [1.29, 1.82) is 0 Å². The summed E-state index contributed by atoms with van der Waals surface area (Å²) in [5.74, 6) is 0. The van der Waals surface area contributed by atoms with Crippen molar-refractivity contribution in [2.75, 3.05) is 0 Å². The molecule has 0 bridgehead atoms. The quantitative estimate of drug-likeness (QED) is 0.877. The first kappa shape index (κ1) is 11.9. The molecule has 0 aliphatic heterocycles. The largest absolute Gasteiger partial charge is 0.414 e. The van der Waals surface area contributed by atoms with Crippen molar-refractivity contribution < 1.29 is 18.3 Å². The number of benzene rings is 1. The van der Waals surface area contributed by atoms with Crippen LogP contribution < -0.4 is 0 Å². The van der Waals surface area contributed by atoms with E-state index in [-0.39, 0.29) is 5.69 Å². The third kappa shape index (κ3) is 2.26. The van der Waals surface area contributed by atoms with Crippen LogP contribution in [0.4, 0.5) is 13.2 Å². The van der Waals surface area contributed by atoms with Crippen LogP contribution in [-0.4, -0.2) is 27.2 Å². The summed E-state index contributed by atoms with van der Waals surface area (Å²) < 4.78 is 38.3. The van der Waals surface area contributed by atoms with Crippen molar-refractivity contribution in [3.63, 3.8) is 0 Å². The summed E-state index contributed by atoms with van der Waals surface area (Å²) in [7, 11) is 1.66. The van der Waals surface area contributed by atoms with Gasteiger partial charge in [-0.05, 0) is 6.07 Å². The molecule has 0 fully saturated rings. The molecule has 0 amide bonds. The van der Waals surface area contributed by atoms with Crippen LogP contribution in [0.2, 0.25) is 0 Å². The second-order valence-corrected chi connectivity index (χ2v) is 3.85. The summed E-state index contributed by atoms with van der Waals surface area (Å²) in [6.07, 6.45) is -7.51. The number of alkyl halides is 3. The molecule has 2 rings (SSSR count). The van der Waals surface area contributed by atoms with Crippen molar-refractivity contribution in [2.45, 2.75) is 18.7 Å². The van der Waals surface area contributed by atoms with Gasteiger partial charge in [0.05, 0.1) is 11.2 Å². The molecule has 2 aromatic rings. The van der Waals surface area contributed by atoms with Crippen LogP contribution in [0.15, 0.2) is 24.3 Å². The number of hydrogen-bond acceptors (Lipinski definition) is 2. The van der Waals surface area contributed by atoms with Gasteiger partial charge in [-0.15, -0.1) is 0 Å². The molecular formula is C11H11F3N2O. The molecule has 1 atom stereocenters. The molecule has 1 aromatic carbocycles. The molecule has 0 aliphatic rings. The van der Waals surface area contributed by atoms with Gasteiger partial charge in [-0.2, -0.15) is 18.3 Å². The number of fused-ring (bicyclic) bond motifs is 1. The van der Waals surface area contributed by atoms with Gasteiger partial charge in [0.1, 0.15) is 0 Å². The van der Waals surface area contributed by atoms with Gasteiger partial charge in [0.15, 0.2) is 6.10 Å². The van der Waals surface area contributed by atoms with E-state index in [1.165, 1.54) is 4.68 Å². The monoisotopic (exact) mass is 244 g/mol. The lowest BCUT2D eigenvalue weighted by molar-refractivity contribution is -0.203. The molecule has 0 radical (unpaired) electrons. The predicted octanol–water partition coefficient (Wildman–Crippen LogP) is 2.04. The van der Waals surface area contributed by atoms with E-state index < -0.39 is 18.7 Å². The van der Waals surface area contributed by atoms with Gasteiger partial charge in [-0.25, -0.2) is 0 Å². The Morgan fingerprint density at radius 1 is 1.35 bits per heavy atom. The maximum atomic E-state index is 12.3. The predicted molar refractivity (Wildman–Crippen MR) is 56.5 cm³/mol. The van der Waals surface area contributed by atoms with Gasteiger partial charge >= 0.3 is 6.18 Å². The lowest BCUT2D eigenvalue weighted by Gasteiger charge is -2.12. The Morgan fingerprint density at radius 2 is 2.00 bits per heavy atom. The fourth-order valence-corrected chi connectivity index (χ4v) is 1.74. The third-order valence-electron chi connectivity index (χ3n) is 2.60. The molecule has 1 aromatic heterocycles. The molecule has 0 aliphatic carbocycles. The van der Waals surface area contributed by atoms with Crippen molar-refractivity contribution in [3.8, 4) is 0 Å². The minimum atomic E-state index is -4.61. The summed E-state index contributed by atoms with van der Waals surface area (Å²) in [5, 5.41) is 13.7. The van der Waals surface area contributed by atoms with Crippen molar-refractivity contribution in [1.82, 2.24) is 9.78 Å². The lowest BCUT2D eigenvalue weighted by atomic mass is 10.1. The van der Waals surface area contributed by atoms with E-state index in [2.05, 4.69) is 5.10 Å². The van der Waals surface area contributed by atoms with E-state index in [1.807, 2.05) is 0 Å². The number of aliphatic hydroxyl groups is 1. The number of aliphatic hydroxyl groups excluding tert-OH is 1. The Balaban J connectivity index is 2.37. The molecule has 1 N–H and O–H groups in total. The molecular weight excluding hydrogens is 233 g/mol. The van der Waals surface area contributed by atoms with Crippen molar-refractivity contribution >= 4 is 10.9 Å². The van der Waals surface area contributed by atoms with Crippen LogP contribution in [0.1, 0.15) is 5.69 Å². The van der Waals surface area contributed by atoms with Crippen molar-refractivity contribution in [2.24, 2.45) is 7.05 Å². The first-order chi connectivity index (χ1) is 7.89. The van der Waals surface area contributed by atoms with Crippen molar-refractivity contribution in [3.05, 3.63) is 30.0 Å². The molecule has 0 spiro atoms. The zero-order chi connectivity index (χ0) is 12.6. The van der Waals surface area contributed by atoms with Crippen LogP contribution in [0, 0.1) is 0 Å². The average molecular weight is 244 g/mol. The first-order valence-electron chi connectivity index (χ1n) is 5.05. The smallest absolute Gasteiger partial charge is 0.383 e. The van der Waals surface area contributed by atoms with Gasteiger partial charge in [0.25, 0.3) is 0 Å². The summed E-state index contributed by atoms with van der Waals surface area (Å²) in [5.41, 5.74) is 1.00. The maximum absolute atomic E-state index is 12.3. The van der Waals surface area contributed by atoms with Gasteiger partial charge in [0, 0.05) is 18.9 Å². The van der Waals surface area contributed by atoms with E-state index in [9.17, 15) is 13.2 Å².